The van der Waals surface area contributed by atoms with E-state index < -0.39 is 0 Å². The van der Waals surface area contributed by atoms with Gasteiger partial charge in [0.2, 0.25) is 5.89 Å². The molecule has 298 valence electrons. The number of nitrogens with one attached hydrogen (secondary N) is 1. The summed E-state index contributed by atoms with van der Waals surface area (Å²) in [6, 6.07) is 74.5. The number of hydrogen-bond acceptors (Lipinski definition) is 5. The zero-order chi connectivity index (χ0) is 41.4. The van der Waals surface area contributed by atoms with E-state index in [0.29, 0.717) is 11.5 Å². The molecular formula is C56H37N5O2. The SMILES string of the molecule is c1ccc(N(c2ccc3oc(-c4ccc5c(c4)NC(c4ccc6c(c4)c4ccccc4n6-c4ccccc4)O5)nc3c2)c2ccc3c(c2)c2ccccc2n3-c2ccccc2)cc1. The molecular weight excluding hydrogens is 775 g/mol. The summed E-state index contributed by atoms with van der Waals surface area (Å²) in [7, 11) is 0. The summed E-state index contributed by atoms with van der Waals surface area (Å²) in [4.78, 5) is 7.35. The number of benzene rings is 9. The lowest BCUT2D eigenvalue weighted by Crippen LogP contribution is -2.09. The van der Waals surface area contributed by atoms with Gasteiger partial charge in [0.05, 0.1) is 27.8 Å². The Balaban J connectivity index is 0.835. The lowest BCUT2D eigenvalue weighted by Gasteiger charge is -2.25. The Morgan fingerprint density at radius 3 is 1.73 bits per heavy atom. The van der Waals surface area contributed by atoms with Crippen molar-refractivity contribution in [1.29, 1.82) is 0 Å². The molecule has 7 nitrogen and oxygen atoms in total. The quantitative estimate of drug-likeness (QED) is 0.174. The maximum atomic E-state index is 6.52. The number of oxazole rings is 1. The summed E-state index contributed by atoms with van der Waals surface area (Å²) in [5, 5.41) is 8.41. The van der Waals surface area contributed by atoms with Gasteiger partial charge < -0.3 is 28.5 Å². The number of hydrogen-bond donors (Lipinski definition) is 1. The van der Waals surface area contributed by atoms with Gasteiger partial charge in [-0.1, -0.05) is 97.1 Å². The molecule has 1 aliphatic rings. The van der Waals surface area contributed by atoms with Gasteiger partial charge in [0.15, 0.2) is 11.8 Å². The molecule has 0 bridgehead atoms. The first-order valence-electron chi connectivity index (χ1n) is 21.2. The van der Waals surface area contributed by atoms with E-state index >= 15 is 0 Å². The lowest BCUT2D eigenvalue weighted by molar-refractivity contribution is 0.260. The smallest absolute Gasteiger partial charge is 0.227 e. The van der Waals surface area contributed by atoms with E-state index in [2.05, 4.69) is 213 Å². The van der Waals surface area contributed by atoms with Gasteiger partial charge in [0.1, 0.15) is 11.3 Å². The fourth-order valence-corrected chi connectivity index (χ4v) is 9.49. The fourth-order valence-electron chi connectivity index (χ4n) is 9.49. The van der Waals surface area contributed by atoms with Gasteiger partial charge in [-0.15, -0.1) is 0 Å². The van der Waals surface area contributed by atoms with E-state index in [1.54, 1.807) is 0 Å². The van der Waals surface area contributed by atoms with Crippen LogP contribution in [-0.4, -0.2) is 14.1 Å². The molecule has 9 aromatic carbocycles. The largest absolute Gasteiger partial charge is 0.464 e. The summed E-state index contributed by atoms with van der Waals surface area (Å²) in [6.07, 6.45) is -0.345. The average molecular weight is 812 g/mol. The van der Waals surface area contributed by atoms with E-state index in [1.165, 1.54) is 32.6 Å². The highest BCUT2D eigenvalue weighted by atomic mass is 16.5. The summed E-state index contributed by atoms with van der Waals surface area (Å²) >= 11 is 0. The van der Waals surface area contributed by atoms with Crippen molar-refractivity contribution < 1.29 is 9.15 Å². The van der Waals surface area contributed by atoms with Gasteiger partial charge in [-0.25, -0.2) is 4.98 Å². The van der Waals surface area contributed by atoms with Gasteiger partial charge in [0.25, 0.3) is 0 Å². The minimum Gasteiger partial charge on any atom is -0.464 e. The van der Waals surface area contributed by atoms with E-state index in [1.807, 2.05) is 18.2 Å². The third-order valence-corrected chi connectivity index (χ3v) is 12.3. The molecule has 0 saturated heterocycles. The second-order valence-corrected chi connectivity index (χ2v) is 16.0. The topological polar surface area (TPSA) is 60.4 Å². The van der Waals surface area contributed by atoms with Crippen LogP contribution in [0.25, 0.3) is 77.5 Å². The molecule has 7 heteroatoms. The molecule has 1 unspecified atom stereocenters. The normalized spacial score (nSPS) is 13.5. The van der Waals surface area contributed by atoms with Crippen LogP contribution in [0.2, 0.25) is 0 Å². The monoisotopic (exact) mass is 811 g/mol. The van der Waals surface area contributed by atoms with Crippen LogP contribution in [0.3, 0.4) is 0 Å². The van der Waals surface area contributed by atoms with Crippen LogP contribution in [0.5, 0.6) is 5.75 Å². The minimum absolute atomic E-state index is 0.345. The van der Waals surface area contributed by atoms with Gasteiger partial charge in [-0.3, -0.25) is 0 Å². The van der Waals surface area contributed by atoms with Crippen molar-refractivity contribution >= 4 is 77.5 Å². The Morgan fingerprint density at radius 2 is 1.03 bits per heavy atom. The summed E-state index contributed by atoms with van der Waals surface area (Å²) in [6.45, 7) is 0. The van der Waals surface area contributed by atoms with Gasteiger partial charge >= 0.3 is 0 Å². The van der Waals surface area contributed by atoms with Crippen LogP contribution in [0.15, 0.2) is 217 Å². The number of para-hydroxylation sites is 5. The Labute approximate surface area is 362 Å². The highest BCUT2D eigenvalue weighted by molar-refractivity contribution is 6.11. The fraction of sp³-hybridized carbons (Fsp3) is 0.0179. The van der Waals surface area contributed by atoms with Crippen molar-refractivity contribution in [2.45, 2.75) is 6.23 Å². The molecule has 63 heavy (non-hydrogen) atoms. The highest BCUT2D eigenvalue weighted by Gasteiger charge is 2.26. The highest BCUT2D eigenvalue weighted by Crippen LogP contribution is 2.44. The van der Waals surface area contributed by atoms with Crippen LogP contribution in [0, 0.1) is 0 Å². The molecule has 12 aromatic rings. The number of rotatable bonds is 7. The van der Waals surface area contributed by atoms with E-state index in [0.717, 1.165) is 67.6 Å². The first kappa shape index (κ1) is 35.2. The lowest BCUT2D eigenvalue weighted by atomic mass is 10.1. The molecule has 13 rings (SSSR count). The Kier molecular flexibility index (Phi) is 7.83. The molecule has 0 fully saturated rings. The van der Waals surface area contributed by atoms with Crippen LogP contribution >= 0.6 is 0 Å². The summed E-state index contributed by atoms with van der Waals surface area (Å²) < 4.78 is 17.6. The first-order valence-corrected chi connectivity index (χ1v) is 21.2. The number of anilines is 4. The maximum absolute atomic E-state index is 6.52. The molecule has 1 atom stereocenters. The van der Waals surface area contributed by atoms with Crippen molar-refractivity contribution in [3.8, 4) is 28.6 Å². The predicted octanol–water partition coefficient (Wildman–Crippen LogP) is 14.7. The number of fused-ring (bicyclic) bond motifs is 8. The van der Waals surface area contributed by atoms with Crippen molar-refractivity contribution in [2.75, 3.05) is 10.2 Å². The standard InChI is InChI=1S/C56H37N5O2/c1-4-14-38(15-5-1)59(41-26-29-52-46(34-41)44-21-11-13-23-50(44)61(52)40-18-8-3-9-19-40)42-27-31-54-48(35-42)58-56(63-54)37-25-30-53-47(33-37)57-55(62-53)36-24-28-51-45(32-36)43-20-10-12-22-49(43)60(51)39-16-6-2-7-17-39/h1-35,55,57H. The number of nitrogens with zero attached hydrogens (tertiary/aromatic N) is 4. The second-order valence-electron chi connectivity index (χ2n) is 16.0. The molecule has 0 amide bonds. The average Bonchev–Trinajstić information content (AvgIpc) is 4.13. The predicted molar refractivity (Wildman–Crippen MR) is 256 cm³/mol. The van der Waals surface area contributed by atoms with Crippen molar-refractivity contribution in [1.82, 2.24) is 14.1 Å². The van der Waals surface area contributed by atoms with E-state index in [9.17, 15) is 0 Å². The van der Waals surface area contributed by atoms with Crippen LogP contribution in [-0.2, 0) is 0 Å². The zero-order valence-corrected chi connectivity index (χ0v) is 33.9. The third kappa shape index (κ3) is 5.71. The Hall–Kier alpha value is -8.55. The van der Waals surface area contributed by atoms with Gasteiger partial charge in [-0.05, 0) is 115 Å². The minimum atomic E-state index is -0.345. The number of aromatic nitrogens is 3. The summed E-state index contributed by atoms with van der Waals surface area (Å²) in [5.74, 6) is 1.34. The third-order valence-electron chi connectivity index (χ3n) is 12.3. The molecule has 0 aliphatic carbocycles. The van der Waals surface area contributed by atoms with Gasteiger partial charge in [0, 0.05) is 61.1 Å². The molecule has 0 spiro atoms. The van der Waals surface area contributed by atoms with Crippen molar-refractivity contribution in [3.05, 3.63) is 218 Å². The number of ether oxygens (including phenoxy) is 1. The zero-order valence-electron chi connectivity index (χ0n) is 33.9. The second kappa shape index (κ2) is 14.0. The van der Waals surface area contributed by atoms with Crippen LogP contribution < -0.4 is 15.0 Å². The van der Waals surface area contributed by atoms with Crippen molar-refractivity contribution in [3.63, 3.8) is 0 Å². The molecule has 0 saturated carbocycles. The molecule has 4 heterocycles. The van der Waals surface area contributed by atoms with Crippen LogP contribution in [0.4, 0.5) is 22.7 Å². The van der Waals surface area contributed by atoms with Gasteiger partial charge in [-0.2, -0.15) is 0 Å². The first-order chi connectivity index (χ1) is 31.2. The molecule has 0 radical (unpaired) electrons. The Bertz CT molecular complexity index is 3700. The van der Waals surface area contributed by atoms with Crippen molar-refractivity contribution in [2.24, 2.45) is 0 Å². The van der Waals surface area contributed by atoms with E-state index in [4.69, 9.17) is 14.1 Å². The molecule has 1 aliphatic heterocycles. The van der Waals surface area contributed by atoms with E-state index in [-0.39, 0.29) is 6.23 Å². The van der Waals surface area contributed by atoms with Crippen LogP contribution in [0.1, 0.15) is 11.8 Å². The Morgan fingerprint density at radius 1 is 0.460 bits per heavy atom. The molecule has 3 aromatic heterocycles. The molecule has 1 N–H and O–H groups in total. The summed E-state index contributed by atoms with van der Waals surface area (Å²) in [5.41, 5.74) is 14.3. The maximum Gasteiger partial charge on any atom is 0.227 e.